The first-order valence-electron chi connectivity index (χ1n) is 4.70. The normalized spacial score (nSPS) is 14.5. The van der Waals surface area contributed by atoms with E-state index in [1.165, 1.54) is 12.8 Å². The number of hydrogen-bond acceptors (Lipinski definition) is 2. The van der Waals surface area contributed by atoms with Crippen LogP contribution in [0.15, 0.2) is 11.9 Å². The molecule has 0 saturated carbocycles. The van der Waals surface area contributed by atoms with E-state index >= 15 is 0 Å². The summed E-state index contributed by atoms with van der Waals surface area (Å²) in [5.41, 5.74) is 5.73. The van der Waals surface area contributed by atoms with Crippen molar-refractivity contribution in [3.63, 3.8) is 0 Å². The molecule has 0 aromatic carbocycles. The van der Waals surface area contributed by atoms with E-state index in [-0.39, 0.29) is 0 Å². The standard InChI is InChI=1S/C10H22N2/c1-5-9(2)7-6-8-10(11)12(3)4/h8-9H,5-7,11H2,1-4H3/b10-8+/t9-/m1/s1. The molecule has 2 N–H and O–H groups in total. The highest BCUT2D eigenvalue weighted by atomic mass is 15.1. The van der Waals surface area contributed by atoms with Crippen molar-refractivity contribution in [3.8, 4) is 0 Å². The predicted molar refractivity (Wildman–Crippen MR) is 54.6 cm³/mol. The highest BCUT2D eigenvalue weighted by Gasteiger charge is 1.97. The van der Waals surface area contributed by atoms with Crippen molar-refractivity contribution in [3.05, 3.63) is 11.9 Å². The summed E-state index contributed by atoms with van der Waals surface area (Å²) in [5.74, 6) is 1.69. The smallest absolute Gasteiger partial charge is 0.0939 e. The monoisotopic (exact) mass is 170 g/mol. The third-order valence-electron chi connectivity index (χ3n) is 2.23. The van der Waals surface area contributed by atoms with Gasteiger partial charge in [0, 0.05) is 14.1 Å². The number of rotatable bonds is 5. The van der Waals surface area contributed by atoms with Crippen LogP contribution in [0.3, 0.4) is 0 Å². The Hall–Kier alpha value is -0.660. The zero-order valence-electron chi connectivity index (χ0n) is 8.80. The van der Waals surface area contributed by atoms with Crippen LogP contribution in [0.4, 0.5) is 0 Å². The average Bonchev–Trinajstić information content (AvgIpc) is 2.03. The van der Waals surface area contributed by atoms with E-state index < -0.39 is 0 Å². The minimum atomic E-state index is 0.816. The summed E-state index contributed by atoms with van der Waals surface area (Å²) >= 11 is 0. The highest BCUT2D eigenvalue weighted by molar-refractivity contribution is 4.93. The molecule has 0 amide bonds. The Morgan fingerprint density at radius 2 is 2.08 bits per heavy atom. The molecule has 1 atom stereocenters. The number of nitrogens with zero attached hydrogens (tertiary/aromatic N) is 1. The van der Waals surface area contributed by atoms with Gasteiger partial charge in [0.2, 0.25) is 0 Å². The molecule has 0 heterocycles. The summed E-state index contributed by atoms with van der Waals surface area (Å²) in [5, 5.41) is 0. The van der Waals surface area contributed by atoms with Gasteiger partial charge in [0.1, 0.15) is 0 Å². The molecule has 2 heteroatoms. The molecule has 0 unspecified atom stereocenters. The molecular formula is C10H22N2. The summed E-state index contributed by atoms with van der Waals surface area (Å²) in [6, 6.07) is 0. The molecule has 0 aliphatic carbocycles. The second-order valence-corrected chi connectivity index (χ2v) is 3.61. The van der Waals surface area contributed by atoms with Crippen LogP contribution in [-0.2, 0) is 0 Å². The third-order valence-corrected chi connectivity index (χ3v) is 2.23. The lowest BCUT2D eigenvalue weighted by molar-refractivity contribution is 0.489. The minimum Gasteiger partial charge on any atom is -0.386 e. The van der Waals surface area contributed by atoms with E-state index in [0.29, 0.717) is 0 Å². The van der Waals surface area contributed by atoms with Gasteiger partial charge >= 0.3 is 0 Å². The maximum atomic E-state index is 5.73. The summed E-state index contributed by atoms with van der Waals surface area (Å²) in [6.45, 7) is 4.50. The molecule has 0 aromatic rings. The highest BCUT2D eigenvalue weighted by Crippen LogP contribution is 2.10. The first-order chi connectivity index (χ1) is 5.57. The van der Waals surface area contributed by atoms with Crippen molar-refractivity contribution >= 4 is 0 Å². The Labute approximate surface area is 76.4 Å². The van der Waals surface area contributed by atoms with Crippen LogP contribution < -0.4 is 5.73 Å². The molecule has 72 valence electrons. The van der Waals surface area contributed by atoms with Gasteiger partial charge in [-0.15, -0.1) is 0 Å². The van der Waals surface area contributed by atoms with Gasteiger partial charge in [-0.25, -0.2) is 0 Å². The van der Waals surface area contributed by atoms with Gasteiger partial charge in [-0.1, -0.05) is 20.3 Å². The summed E-state index contributed by atoms with van der Waals surface area (Å²) in [4.78, 5) is 1.94. The summed E-state index contributed by atoms with van der Waals surface area (Å²) in [7, 11) is 3.93. The fourth-order valence-corrected chi connectivity index (χ4v) is 0.902. The summed E-state index contributed by atoms with van der Waals surface area (Å²) < 4.78 is 0. The first-order valence-corrected chi connectivity index (χ1v) is 4.70. The van der Waals surface area contributed by atoms with Gasteiger partial charge in [-0.05, 0) is 24.8 Å². The molecule has 0 spiro atoms. The summed E-state index contributed by atoms with van der Waals surface area (Å²) in [6.07, 6.45) is 5.70. The van der Waals surface area contributed by atoms with Crippen LogP contribution in [0.2, 0.25) is 0 Å². The lowest BCUT2D eigenvalue weighted by Gasteiger charge is -2.12. The zero-order valence-corrected chi connectivity index (χ0v) is 8.80. The maximum Gasteiger partial charge on any atom is 0.0939 e. The molecule has 0 aliphatic heterocycles. The quantitative estimate of drug-likeness (QED) is 0.685. The zero-order chi connectivity index (χ0) is 9.56. The number of allylic oxidation sites excluding steroid dienone is 1. The molecule has 0 aliphatic rings. The van der Waals surface area contributed by atoms with Crippen LogP contribution in [0.5, 0.6) is 0 Å². The Kier molecular flexibility index (Phi) is 5.60. The second-order valence-electron chi connectivity index (χ2n) is 3.61. The molecule has 0 rings (SSSR count). The van der Waals surface area contributed by atoms with Gasteiger partial charge in [-0.3, -0.25) is 0 Å². The van der Waals surface area contributed by atoms with Gasteiger partial charge in [0.25, 0.3) is 0 Å². The maximum absolute atomic E-state index is 5.73. The minimum absolute atomic E-state index is 0.816. The van der Waals surface area contributed by atoms with Gasteiger partial charge in [0.05, 0.1) is 5.82 Å². The Morgan fingerprint density at radius 3 is 2.50 bits per heavy atom. The van der Waals surface area contributed by atoms with Crippen LogP contribution in [0.1, 0.15) is 33.1 Å². The van der Waals surface area contributed by atoms with E-state index in [4.69, 9.17) is 5.73 Å². The predicted octanol–water partition coefficient (Wildman–Crippen LogP) is 2.17. The largest absolute Gasteiger partial charge is 0.386 e. The average molecular weight is 170 g/mol. The van der Waals surface area contributed by atoms with E-state index in [1.54, 1.807) is 0 Å². The molecule has 12 heavy (non-hydrogen) atoms. The molecular weight excluding hydrogens is 148 g/mol. The van der Waals surface area contributed by atoms with Crippen LogP contribution in [-0.4, -0.2) is 19.0 Å². The molecule has 0 radical (unpaired) electrons. The van der Waals surface area contributed by atoms with Crippen molar-refractivity contribution in [2.75, 3.05) is 14.1 Å². The van der Waals surface area contributed by atoms with Crippen molar-refractivity contribution in [1.82, 2.24) is 4.90 Å². The van der Waals surface area contributed by atoms with Gasteiger partial charge < -0.3 is 10.6 Å². The lowest BCUT2D eigenvalue weighted by atomic mass is 10.0. The van der Waals surface area contributed by atoms with Crippen LogP contribution >= 0.6 is 0 Å². The number of nitrogens with two attached hydrogens (primary N) is 1. The second kappa shape index (κ2) is 5.92. The molecule has 0 bridgehead atoms. The Bertz CT molecular complexity index is 139. The van der Waals surface area contributed by atoms with Crippen LogP contribution in [0.25, 0.3) is 0 Å². The molecule has 0 saturated heterocycles. The topological polar surface area (TPSA) is 29.3 Å². The first kappa shape index (κ1) is 11.3. The Morgan fingerprint density at radius 1 is 1.50 bits per heavy atom. The molecule has 0 fully saturated rings. The van der Waals surface area contributed by atoms with Gasteiger partial charge in [0.15, 0.2) is 0 Å². The fraction of sp³-hybridized carbons (Fsp3) is 0.800. The molecule has 2 nitrogen and oxygen atoms in total. The van der Waals surface area contributed by atoms with Gasteiger partial charge in [-0.2, -0.15) is 0 Å². The van der Waals surface area contributed by atoms with Crippen molar-refractivity contribution in [1.29, 1.82) is 0 Å². The van der Waals surface area contributed by atoms with E-state index in [2.05, 4.69) is 19.9 Å². The molecule has 0 aromatic heterocycles. The fourth-order valence-electron chi connectivity index (χ4n) is 0.902. The van der Waals surface area contributed by atoms with E-state index in [0.717, 1.165) is 18.2 Å². The third kappa shape index (κ3) is 5.05. The lowest BCUT2D eigenvalue weighted by Crippen LogP contribution is -2.18. The van der Waals surface area contributed by atoms with Crippen molar-refractivity contribution in [2.45, 2.75) is 33.1 Å². The van der Waals surface area contributed by atoms with Crippen molar-refractivity contribution in [2.24, 2.45) is 11.7 Å². The van der Waals surface area contributed by atoms with E-state index in [9.17, 15) is 0 Å². The number of hydrogen-bond donors (Lipinski definition) is 1. The van der Waals surface area contributed by atoms with Crippen LogP contribution in [0, 0.1) is 5.92 Å². The van der Waals surface area contributed by atoms with E-state index in [1.807, 2.05) is 19.0 Å². The SMILES string of the molecule is CC[C@@H](C)CC/C=C(\N)N(C)C. The Balaban J connectivity index is 3.59. The van der Waals surface area contributed by atoms with Crippen molar-refractivity contribution < 1.29 is 0 Å².